The summed E-state index contributed by atoms with van der Waals surface area (Å²) in [6.07, 6.45) is 16.3. The lowest BCUT2D eigenvalue weighted by atomic mass is 9.74. The van der Waals surface area contributed by atoms with Gasteiger partial charge >= 0.3 is 0 Å². The Labute approximate surface area is 150 Å². The molecule has 0 spiro atoms. The molecule has 0 aromatic heterocycles. The van der Waals surface area contributed by atoms with Crippen molar-refractivity contribution < 1.29 is 10.2 Å². The number of allylic oxidation sites excluding steroid dienone is 1. The van der Waals surface area contributed by atoms with Crippen molar-refractivity contribution in [3.05, 3.63) is 23.5 Å². The minimum atomic E-state index is -0.786. The van der Waals surface area contributed by atoms with Crippen LogP contribution in [0.15, 0.2) is 23.5 Å². The Bertz CT molecular complexity index is 410. The highest BCUT2D eigenvalue weighted by Crippen LogP contribution is 2.38. The summed E-state index contributed by atoms with van der Waals surface area (Å²) < 4.78 is 0. The van der Waals surface area contributed by atoms with Crippen molar-refractivity contribution in [3.8, 4) is 0 Å². The summed E-state index contributed by atoms with van der Waals surface area (Å²) in [4.78, 5) is 0. The van der Waals surface area contributed by atoms with Crippen molar-refractivity contribution in [1.29, 1.82) is 0 Å². The topological polar surface area (TPSA) is 40.5 Å². The summed E-state index contributed by atoms with van der Waals surface area (Å²) in [6.45, 7) is 8.81. The highest BCUT2D eigenvalue weighted by molar-refractivity contribution is 5.31. The normalized spacial score (nSPS) is 23.5. The van der Waals surface area contributed by atoms with Gasteiger partial charge in [0.2, 0.25) is 0 Å². The number of hydrogen-bond acceptors (Lipinski definition) is 2. The molecule has 0 aromatic rings. The number of unbranched alkanes of at least 4 members (excludes halogenated alkanes) is 6. The number of rotatable bonds is 12. The van der Waals surface area contributed by atoms with Crippen molar-refractivity contribution in [3.63, 3.8) is 0 Å². The van der Waals surface area contributed by atoms with Gasteiger partial charge in [-0.25, -0.2) is 0 Å². The molecular formula is C22H40O2. The van der Waals surface area contributed by atoms with E-state index in [1.807, 2.05) is 6.08 Å². The van der Waals surface area contributed by atoms with Crippen LogP contribution in [0.2, 0.25) is 0 Å². The monoisotopic (exact) mass is 336 g/mol. The van der Waals surface area contributed by atoms with Gasteiger partial charge in [0.05, 0.1) is 5.60 Å². The van der Waals surface area contributed by atoms with Crippen LogP contribution in [0.3, 0.4) is 0 Å². The molecule has 24 heavy (non-hydrogen) atoms. The fraction of sp³-hybridized carbons (Fsp3) is 0.818. The second kappa shape index (κ2) is 11.0. The van der Waals surface area contributed by atoms with Crippen LogP contribution in [0.5, 0.6) is 0 Å². The Morgan fingerprint density at radius 2 is 1.54 bits per heavy atom. The number of aliphatic hydroxyl groups excluding tert-OH is 1. The molecule has 3 atom stereocenters. The van der Waals surface area contributed by atoms with E-state index in [0.29, 0.717) is 18.1 Å². The minimum Gasteiger partial charge on any atom is -0.508 e. The highest BCUT2D eigenvalue weighted by Gasteiger charge is 2.36. The van der Waals surface area contributed by atoms with E-state index in [0.717, 1.165) is 18.4 Å². The van der Waals surface area contributed by atoms with Crippen molar-refractivity contribution in [1.82, 2.24) is 0 Å². The first-order valence-corrected chi connectivity index (χ1v) is 10.3. The fourth-order valence-corrected chi connectivity index (χ4v) is 3.73. The maximum Gasteiger partial charge on any atom is 0.114 e. The van der Waals surface area contributed by atoms with E-state index in [2.05, 4.69) is 27.7 Å². The lowest BCUT2D eigenvalue weighted by Crippen LogP contribution is -2.37. The summed E-state index contributed by atoms with van der Waals surface area (Å²) in [5.41, 5.74) is 0.266. The third-order valence-corrected chi connectivity index (χ3v) is 5.76. The van der Waals surface area contributed by atoms with E-state index < -0.39 is 5.60 Å². The second-order valence-electron chi connectivity index (χ2n) is 7.91. The van der Waals surface area contributed by atoms with Crippen molar-refractivity contribution in [2.24, 2.45) is 11.8 Å². The van der Waals surface area contributed by atoms with Gasteiger partial charge in [0.15, 0.2) is 0 Å². The van der Waals surface area contributed by atoms with Crippen LogP contribution in [0.1, 0.15) is 98.3 Å². The standard InChI is InChI=1S/C22H40O2/c1-5-7-9-11-13-18(3)20-17-22(24,16-15-21(20)23)19(4)14-12-10-8-6-2/h15-16,18-19,23-24H,5-14,17H2,1-4H3. The van der Waals surface area contributed by atoms with E-state index in [-0.39, 0.29) is 5.92 Å². The molecule has 2 nitrogen and oxygen atoms in total. The second-order valence-corrected chi connectivity index (χ2v) is 7.91. The molecule has 0 aliphatic heterocycles. The van der Waals surface area contributed by atoms with E-state index in [1.54, 1.807) is 6.08 Å². The van der Waals surface area contributed by atoms with Gasteiger partial charge in [-0.3, -0.25) is 0 Å². The minimum absolute atomic E-state index is 0.237. The van der Waals surface area contributed by atoms with Crippen LogP contribution >= 0.6 is 0 Å². The third-order valence-electron chi connectivity index (χ3n) is 5.76. The molecule has 2 heteroatoms. The average molecular weight is 337 g/mol. The molecule has 0 aromatic carbocycles. The molecule has 3 unspecified atom stereocenters. The zero-order chi connectivity index (χ0) is 18.0. The molecule has 2 N–H and O–H groups in total. The summed E-state index contributed by atoms with van der Waals surface area (Å²) in [5.74, 6) is 0.979. The van der Waals surface area contributed by atoms with Gasteiger partial charge in [-0.05, 0) is 42.4 Å². The maximum atomic E-state index is 11.1. The van der Waals surface area contributed by atoms with Gasteiger partial charge < -0.3 is 10.2 Å². The summed E-state index contributed by atoms with van der Waals surface area (Å²) in [7, 11) is 0. The largest absolute Gasteiger partial charge is 0.508 e. The zero-order valence-corrected chi connectivity index (χ0v) is 16.5. The predicted octanol–water partition coefficient (Wildman–Crippen LogP) is 6.70. The summed E-state index contributed by atoms with van der Waals surface area (Å²) in [5, 5.41) is 21.4. The molecule has 1 aliphatic carbocycles. The van der Waals surface area contributed by atoms with Gasteiger partial charge in [0.25, 0.3) is 0 Å². The van der Waals surface area contributed by atoms with Crippen molar-refractivity contribution >= 4 is 0 Å². The average Bonchev–Trinajstić information content (AvgIpc) is 2.57. The van der Waals surface area contributed by atoms with Crippen LogP contribution in [0.25, 0.3) is 0 Å². The maximum absolute atomic E-state index is 11.1. The van der Waals surface area contributed by atoms with Gasteiger partial charge in [0, 0.05) is 6.42 Å². The zero-order valence-electron chi connectivity index (χ0n) is 16.5. The molecule has 0 amide bonds. The van der Waals surface area contributed by atoms with Gasteiger partial charge in [0.1, 0.15) is 5.76 Å². The Morgan fingerprint density at radius 3 is 2.12 bits per heavy atom. The van der Waals surface area contributed by atoms with Gasteiger partial charge in [-0.2, -0.15) is 0 Å². The quantitative estimate of drug-likeness (QED) is 0.389. The van der Waals surface area contributed by atoms with Crippen LogP contribution in [-0.2, 0) is 0 Å². The number of aliphatic hydroxyl groups is 2. The molecule has 1 aliphatic rings. The highest BCUT2D eigenvalue weighted by atomic mass is 16.3. The van der Waals surface area contributed by atoms with E-state index in [9.17, 15) is 10.2 Å². The molecule has 1 rings (SSSR count). The van der Waals surface area contributed by atoms with Crippen molar-refractivity contribution in [2.45, 2.75) is 104 Å². The van der Waals surface area contributed by atoms with Gasteiger partial charge in [-0.15, -0.1) is 0 Å². The lowest BCUT2D eigenvalue weighted by Gasteiger charge is -2.36. The molecule has 0 saturated heterocycles. The predicted molar refractivity (Wildman–Crippen MR) is 104 cm³/mol. The third kappa shape index (κ3) is 6.63. The summed E-state index contributed by atoms with van der Waals surface area (Å²) in [6, 6.07) is 0. The van der Waals surface area contributed by atoms with Crippen LogP contribution in [0.4, 0.5) is 0 Å². The molecule has 0 saturated carbocycles. The lowest BCUT2D eigenvalue weighted by molar-refractivity contribution is 0.0255. The first-order chi connectivity index (χ1) is 11.4. The molecule has 0 heterocycles. The molecule has 0 bridgehead atoms. The Morgan fingerprint density at radius 1 is 0.958 bits per heavy atom. The van der Waals surface area contributed by atoms with Crippen molar-refractivity contribution in [2.75, 3.05) is 0 Å². The van der Waals surface area contributed by atoms with Crippen LogP contribution < -0.4 is 0 Å². The van der Waals surface area contributed by atoms with Gasteiger partial charge in [-0.1, -0.05) is 79.1 Å². The first kappa shape index (κ1) is 21.3. The molecule has 140 valence electrons. The summed E-state index contributed by atoms with van der Waals surface area (Å²) >= 11 is 0. The SMILES string of the molecule is CCCCCCC(C)C1=C(O)C=CC(O)(C(C)CCCCCC)C1. The van der Waals surface area contributed by atoms with E-state index in [4.69, 9.17) is 0 Å². The van der Waals surface area contributed by atoms with Crippen LogP contribution in [-0.4, -0.2) is 15.8 Å². The van der Waals surface area contributed by atoms with E-state index >= 15 is 0 Å². The fourth-order valence-electron chi connectivity index (χ4n) is 3.73. The number of hydrogen-bond donors (Lipinski definition) is 2. The molecular weight excluding hydrogens is 296 g/mol. The molecule has 0 fully saturated rings. The van der Waals surface area contributed by atoms with Crippen LogP contribution in [0, 0.1) is 11.8 Å². The Balaban J connectivity index is 2.57. The first-order valence-electron chi connectivity index (χ1n) is 10.3. The smallest absolute Gasteiger partial charge is 0.114 e. The Hall–Kier alpha value is -0.760. The Kier molecular flexibility index (Phi) is 9.73. The van der Waals surface area contributed by atoms with E-state index in [1.165, 1.54) is 51.4 Å². The molecule has 0 radical (unpaired) electrons.